The first-order valence-electron chi connectivity index (χ1n) is 5.55. The topological polar surface area (TPSA) is 17.1 Å². The number of Topliss-reactive ketones (excluding diaryl/α,β-unsaturated/α-hetero) is 1. The SMILES string of the molecule is CC1=CC(=Cc2ccc(Cl)cc2Cl)C=C(C)C1=O. The van der Waals surface area contributed by atoms with Crippen molar-refractivity contribution < 1.29 is 4.79 Å². The van der Waals surface area contributed by atoms with Crippen LogP contribution < -0.4 is 0 Å². The zero-order valence-electron chi connectivity index (χ0n) is 10.1. The lowest BCUT2D eigenvalue weighted by atomic mass is 9.94. The van der Waals surface area contributed by atoms with Crippen LogP contribution in [0.4, 0.5) is 0 Å². The Balaban J connectivity index is 2.43. The molecule has 0 aliphatic heterocycles. The number of rotatable bonds is 1. The highest BCUT2D eigenvalue weighted by Crippen LogP contribution is 2.26. The summed E-state index contributed by atoms with van der Waals surface area (Å²) in [6.07, 6.45) is 5.67. The molecule has 0 amide bonds. The van der Waals surface area contributed by atoms with Crippen LogP contribution in [0.1, 0.15) is 19.4 Å². The highest BCUT2D eigenvalue weighted by molar-refractivity contribution is 6.35. The van der Waals surface area contributed by atoms with Gasteiger partial charge in [-0.05, 0) is 66.5 Å². The van der Waals surface area contributed by atoms with E-state index in [2.05, 4.69) is 0 Å². The summed E-state index contributed by atoms with van der Waals surface area (Å²) in [6.45, 7) is 3.63. The smallest absolute Gasteiger partial charge is 0.184 e. The number of benzene rings is 1. The van der Waals surface area contributed by atoms with Crippen molar-refractivity contribution in [1.82, 2.24) is 0 Å². The van der Waals surface area contributed by atoms with Crippen LogP contribution in [0.15, 0.2) is 47.1 Å². The molecule has 1 aliphatic carbocycles. The van der Waals surface area contributed by atoms with Crippen molar-refractivity contribution in [2.75, 3.05) is 0 Å². The summed E-state index contributed by atoms with van der Waals surface area (Å²) < 4.78 is 0. The highest BCUT2D eigenvalue weighted by Gasteiger charge is 2.12. The normalized spacial score (nSPS) is 15.3. The zero-order chi connectivity index (χ0) is 13.3. The number of halogens is 2. The van der Waals surface area contributed by atoms with Crippen molar-refractivity contribution in [2.24, 2.45) is 0 Å². The molecule has 1 nitrogen and oxygen atoms in total. The van der Waals surface area contributed by atoms with Crippen molar-refractivity contribution in [2.45, 2.75) is 13.8 Å². The van der Waals surface area contributed by atoms with Gasteiger partial charge < -0.3 is 0 Å². The third kappa shape index (κ3) is 2.74. The summed E-state index contributed by atoms with van der Waals surface area (Å²) >= 11 is 12.0. The minimum Gasteiger partial charge on any atom is -0.289 e. The van der Waals surface area contributed by atoms with Gasteiger partial charge in [0.05, 0.1) is 0 Å². The summed E-state index contributed by atoms with van der Waals surface area (Å²) in [7, 11) is 0. The summed E-state index contributed by atoms with van der Waals surface area (Å²) in [5, 5.41) is 1.21. The van der Waals surface area contributed by atoms with Gasteiger partial charge in [-0.15, -0.1) is 0 Å². The van der Waals surface area contributed by atoms with E-state index in [1.165, 1.54) is 0 Å². The Hall–Kier alpha value is -1.31. The molecule has 92 valence electrons. The van der Waals surface area contributed by atoms with Crippen LogP contribution in [0.5, 0.6) is 0 Å². The van der Waals surface area contributed by atoms with Gasteiger partial charge in [0.15, 0.2) is 5.78 Å². The standard InChI is InChI=1S/C15H12Cl2O/c1-9-5-11(6-10(2)15(9)18)7-12-3-4-13(16)8-14(12)17/h3-8H,1-2H3. The number of hydrogen-bond donors (Lipinski definition) is 0. The molecule has 1 aromatic carbocycles. The Morgan fingerprint density at radius 1 is 1.06 bits per heavy atom. The second-order valence-electron chi connectivity index (χ2n) is 4.29. The Labute approximate surface area is 116 Å². The lowest BCUT2D eigenvalue weighted by molar-refractivity contribution is -0.112. The Morgan fingerprint density at radius 3 is 2.22 bits per heavy atom. The first kappa shape index (κ1) is 13.1. The molecule has 0 heterocycles. The van der Waals surface area contributed by atoms with E-state index in [9.17, 15) is 4.79 Å². The molecule has 0 bridgehead atoms. The molecule has 0 atom stereocenters. The third-order valence-electron chi connectivity index (χ3n) is 2.77. The van der Waals surface area contributed by atoms with Crippen LogP contribution in [0.3, 0.4) is 0 Å². The molecule has 18 heavy (non-hydrogen) atoms. The van der Waals surface area contributed by atoms with Crippen molar-refractivity contribution in [3.63, 3.8) is 0 Å². The predicted molar refractivity (Wildman–Crippen MR) is 77.0 cm³/mol. The molecule has 3 heteroatoms. The second kappa shape index (κ2) is 5.13. The molecule has 0 saturated carbocycles. The lowest BCUT2D eigenvalue weighted by Gasteiger charge is -2.10. The van der Waals surface area contributed by atoms with E-state index in [-0.39, 0.29) is 5.78 Å². The van der Waals surface area contributed by atoms with E-state index in [0.717, 1.165) is 22.3 Å². The molecule has 2 rings (SSSR count). The van der Waals surface area contributed by atoms with Gasteiger partial charge in [-0.2, -0.15) is 0 Å². The molecule has 0 N–H and O–H groups in total. The molecule has 1 aromatic rings. The molecule has 0 radical (unpaired) electrons. The number of allylic oxidation sites excluding steroid dienone is 5. The number of hydrogen-bond acceptors (Lipinski definition) is 1. The molecule has 0 unspecified atom stereocenters. The summed E-state index contributed by atoms with van der Waals surface area (Å²) in [6, 6.07) is 5.36. The van der Waals surface area contributed by atoms with Crippen LogP contribution in [-0.4, -0.2) is 5.78 Å². The van der Waals surface area contributed by atoms with Crippen molar-refractivity contribution in [3.05, 3.63) is 62.7 Å². The molecule has 0 aromatic heterocycles. The molecule has 1 aliphatic rings. The van der Waals surface area contributed by atoms with E-state index >= 15 is 0 Å². The first-order valence-corrected chi connectivity index (χ1v) is 6.31. The van der Waals surface area contributed by atoms with Gasteiger partial charge >= 0.3 is 0 Å². The van der Waals surface area contributed by atoms with E-state index in [1.54, 1.807) is 12.1 Å². The predicted octanol–water partition coefficient (Wildman–Crippen LogP) is 4.85. The van der Waals surface area contributed by atoms with Crippen molar-refractivity contribution in [3.8, 4) is 0 Å². The third-order valence-corrected chi connectivity index (χ3v) is 3.33. The molecule has 0 saturated heterocycles. The zero-order valence-corrected chi connectivity index (χ0v) is 11.6. The van der Waals surface area contributed by atoms with Gasteiger partial charge in [0.1, 0.15) is 0 Å². The summed E-state index contributed by atoms with van der Waals surface area (Å²) in [5.74, 6) is 0.0920. The highest BCUT2D eigenvalue weighted by atomic mass is 35.5. The largest absolute Gasteiger partial charge is 0.289 e. The Kier molecular flexibility index (Phi) is 3.74. The number of carbonyl (C=O) groups is 1. The fraction of sp³-hybridized carbons (Fsp3) is 0.133. The fourth-order valence-electron chi connectivity index (χ4n) is 1.87. The maximum atomic E-state index is 11.6. The second-order valence-corrected chi connectivity index (χ2v) is 5.14. The van der Waals surface area contributed by atoms with Crippen LogP contribution in [0.2, 0.25) is 10.0 Å². The molecule has 0 spiro atoms. The van der Waals surface area contributed by atoms with Crippen LogP contribution >= 0.6 is 23.2 Å². The molecular formula is C15H12Cl2O. The van der Waals surface area contributed by atoms with Gasteiger partial charge in [0.25, 0.3) is 0 Å². The monoisotopic (exact) mass is 278 g/mol. The number of carbonyl (C=O) groups excluding carboxylic acids is 1. The maximum Gasteiger partial charge on any atom is 0.184 e. The van der Waals surface area contributed by atoms with E-state index in [0.29, 0.717) is 10.0 Å². The molecular weight excluding hydrogens is 267 g/mol. The lowest BCUT2D eigenvalue weighted by Crippen LogP contribution is -2.05. The average Bonchev–Trinajstić information content (AvgIpc) is 2.29. The van der Waals surface area contributed by atoms with Gasteiger partial charge in [0, 0.05) is 10.0 Å². The minimum atomic E-state index is 0.0920. The van der Waals surface area contributed by atoms with E-state index in [1.807, 2.05) is 38.1 Å². The van der Waals surface area contributed by atoms with Crippen molar-refractivity contribution >= 4 is 35.1 Å². The van der Waals surface area contributed by atoms with Gasteiger partial charge in [-0.3, -0.25) is 4.79 Å². The Bertz CT molecular complexity index is 583. The van der Waals surface area contributed by atoms with E-state index < -0.39 is 0 Å². The average molecular weight is 279 g/mol. The van der Waals surface area contributed by atoms with Crippen LogP contribution in [-0.2, 0) is 4.79 Å². The van der Waals surface area contributed by atoms with Crippen LogP contribution in [0.25, 0.3) is 6.08 Å². The number of ketones is 1. The van der Waals surface area contributed by atoms with Crippen molar-refractivity contribution in [1.29, 1.82) is 0 Å². The maximum absolute atomic E-state index is 11.6. The van der Waals surface area contributed by atoms with Gasteiger partial charge in [-0.25, -0.2) is 0 Å². The first-order chi connectivity index (χ1) is 8.47. The summed E-state index contributed by atoms with van der Waals surface area (Å²) in [4.78, 5) is 11.6. The quantitative estimate of drug-likeness (QED) is 0.718. The minimum absolute atomic E-state index is 0.0920. The van der Waals surface area contributed by atoms with E-state index in [4.69, 9.17) is 23.2 Å². The van der Waals surface area contributed by atoms with Gasteiger partial charge in [-0.1, -0.05) is 29.3 Å². The van der Waals surface area contributed by atoms with Crippen LogP contribution in [0, 0.1) is 0 Å². The van der Waals surface area contributed by atoms with Gasteiger partial charge in [0.2, 0.25) is 0 Å². The molecule has 0 fully saturated rings. The Morgan fingerprint density at radius 2 is 1.67 bits per heavy atom. The summed E-state index contributed by atoms with van der Waals surface area (Å²) in [5.41, 5.74) is 3.34. The fourth-order valence-corrected chi connectivity index (χ4v) is 2.33.